The predicted octanol–water partition coefficient (Wildman–Crippen LogP) is 1.07. The molecule has 0 fully saturated rings. The van der Waals surface area contributed by atoms with E-state index < -0.39 is 0 Å². The minimum atomic E-state index is 0.574. The lowest BCUT2D eigenvalue weighted by molar-refractivity contribution is -0.00991. The monoisotopic (exact) mass is 337 g/mol. The van der Waals surface area contributed by atoms with Crippen molar-refractivity contribution in [2.75, 3.05) is 79.2 Å². The van der Waals surface area contributed by atoms with Crippen LogP contribution in [0.3, 0.4) is 0 Å². The zero-order chi connectivity index (χ0) is 16.3. The molecule has 0 saturated carbocycles. The maximum absolute atomic E-state index is 5.40. The van der Waals surface area contributed by atoms with Crippen LogP contribution >= 0.6 is 12.2 Å². The van der Waals surface area contributed by atoms with Gasteiger partial charge >= 0.3 is 0 Å². The van der Waals surface area contributed by atoms with E-state index in [0.717, 1.165) is 24.6 Å². The Morgan fingerprint density at radius 1 is 0.727 bits per heavy atom. The second-order valence-electron chi connectivity index (χ2n) is 4.53. The Morgan fingerprint density at radius 2 is 1.14 bits per heavy atom. The standard InChI is InChI=1S/C15H31NO5S/c1-3-17-6-7-19-10-11-21-13-12-20-9-8-18-5-4-16-14-15(2)22/h16H,3-14H2,1-2H3. The Balaban J connectivity index is 2.95. The van der Waals surface area contributed by atoms with Crippen molar-refractivity contribution in [1.29, 1.82) is 0 Å². The molecule has 0 aliphatic heterocycles. The molecule has 0 aliphatic carbocycles. The first-order chi connectivity index (χ1) is 10.8. The van der Waals surface area contributed by atoms with Crippen molar-refractivity contribution in [2.24, 2.45) is 0 Å². The van der Waals surface area contributed by atoms with Crippen molar-refractivity contribution in [1.82, 2.24) is 5.32 Å². The first kappa shape index (κ1) is 21.9. The largest absolute Gasteiger partial charge is 0.379 e. The Bertz CT molecular complexity index is 244. The van der Waals surface area contributed by atoms with E-state index >= 15 is 0 Å². The van der Waals surface area contributed by atoms with E-state index in [1.807, 2.05) is 13.8 Å². The number of nitrogens with one attached hydrogen (secondary N) is 1. The summed E-state index contributed by atoms with van der Waals surface area (Å²) >= 11 is 4.96. The summed E-state index contributed by atoms with van der Waals surface area (Å²) in [6.07, 6.45) is 0. The minimum absolute atomic E-state index is 0.574. The molecule has 0 saturated heterocycles. The van der Waals surface area contributed by atoms with Crippen molar-refractivity contribution in [3.63, 3.8) is 0 Å². The summed E-state index contributed by atoms with van der Waals surface area (Å²) in [7, 11) is 0. The van der Waals surface area contributed by atoms with Crippen LogP contribution in [0.15, 0.2) is 0 Å². The van der Waals surface area contributed by atoms with Crippen LogP contribution in [-0.4, -0.2) is 84.0 Å². The fourth-order valence-corrected chi connectivity index (χ4v) is 1.53. The molecule has 0 aromatic rings. The lowest BCUT2D eigenvalue weighted by Gasteiger charge is -2.08. The molecule has 0 bridgehead atoms. The number of rotatable bonds is 18. The maximum Gasteiger partial charge on any atom is 0.0701 e. The van der Waals surface area contributed by atoms with E-state index in [1.54, 1.807) is 0 Å². The summed E-state index contributed by atoms with van der Waals surface area (Å²) in [5, 5.41) is 3.18. The van der Waals surface area contributed by atoms with Crippen LogP contribution in [0, 0.1) is 0 Å². The lowest BCUT2D eigenvalue weighted by Crippen LogP contribution is -2.24. The normalized spacial score (nSPS) is 11.0. The Kier molecular flexibility index (Phi) is 18.8. The molecule has 0 amide bonds. The topological polar surface area (TPSA) is 58.2 Å². The van der Waals surface area contributed by atoms with Crippen molar-refractivity contribution in [3.8, 4) is 0 Å². The summed E-state index contributed by atoms with van der Waals surface area (Å²) < 4.78 is 26.6. The van der Waals surface area contributed by atoms with Crippen molar-refractivity contribution in [3.05, 3.63) is 0 Å². The molecule has 0 aliphatic rings. The molecule has 7 heteroatoms. The molecule has 6 nitrogen and oxygen atoms in total. The highest BCUT2D eigenvalue weighted by Crippen LogP contribution is 1.83. The van der Waals surface area contributed by atoms with Crippen LogP contribution in [0.5, 0.6) is 0 Å². The summed E-state index contributed by atoms with van der Waals surface area (Å²) in [5.41, 5.74) is 0. The van der Waals surface area contributed by atoms with Gasteiger partial charge in [-0.1, -0.05) is 12.2 Å². The third kappa shape index (κ3) is 19.9. The van der Waals surface area contributed by atoms with E-state index in [2.05, 4.69) is 5.32 Å². The van der Waals surface area contributed by atoms with E-state index in [0.29, 0.717) is 59.5 Å². The third-order valence-corrected chi connectivity index (χ3v) is 2.63. The van der Waals surface area contributed by atoms with E-state index in [4.69, 9.17) is 35.9 Å². The van der Waals surface area contributed by atoms with Crippen LogP contribution in [0.25, 0.3) is 0 Å². The molecular formula is C15H31NO5S. The molecule has 132 valence electrons. The highest BCUT2D eigenvalue weighted by molar-refractivity contribution is 7.80. The summed E-state index contributed by atoms with van der Waals surface area (Å²) in [6, 6.07) is 0. The number of ether oxygens (including phenoxy) is 5. The van der Waals surface area contributed by atoms with Crippen LogP contribution < -0.4 is 5.32 Å². The molecule has 0 heterocycles. The summed E-state index contributed by atoms with van der Waals surface area (Å²) in [4.78, 5) is 0.961. The average molecular weight is 337 g/mol. The Morgan fingerprint density at radius 3 is 1.55 bits per heavy atom. The molecule has 0 radical (unpaired) electrons. The van der Waals surface area contributed by atoms with Gasteiger partial charge in [0.05, 0.1) is 59.5 Å². The fourth-order valence-electron chi connectivity index (χ4n) is 1.43. The van der Waals surface area contributed by atoms with E-state index in [-0.39, 0.29) is 0 Å². The van der Waals surface area contributed by atoms with Crippen molar-refractivity contribution in [2.45, 2.75) is 13.8 Å². The van der Waals surface area contributed by atoms with Gasteiger partial charge in [-0.15, -0.1) is 0 Å². The summed E-state index contributed by atoms with van der Waals surface area (Å²) in [5.74, 6) is 0. The number of hydrogen-bond donors (Lipinski definition) is 1. The maximum atomic E-state index is 5.40. The van der Waals surface area contributed by atoms with Crippen LogP contribution in [0.4, 0.5) is 0 Å². The molecule has 1 N–H and O–H groups in total. The molecular weight excluding hydrogens is 306 g/mol. The first-order valence-electron chi connectivity index (χ1n) is 7.86. The molecule has 22 heavy (non-hydrogen) atoms. The molecule has 0 atom stereocenters. The van der Waals surface area contributed by atoms with E-state index in [9.17, 15) is 0 Å². The third-order valence-electron chi connectivity index (χ3n) is 2.49. The SMILES string of the molecule is CCOCCOCCOCCOCCOCCNCC(C)=S. The van der Waals surface area contributed by atoms with Gasteiger partial charge in [0, 0.05) is 24.6 Å². The van der Waals surface area contributed by atoms with Gasteiger partial charge in [-0.3, -0.25) is 0 Å². The van der Waals surface area contributed by atoms with Crippen molar-refractivity contribution >= 4 is 17.1 Å². The quantitative estimate of drug-likeness (QED) is 0.296. The van der Waals surface area contributed by atoms with Crippen LogP contribution in [0.1, 0.15) is 13.8 Å². The number of hydrogen-bond acceptors (Lipinski definition) is 7. The zero-order valence-electron chi connectivity index (χ0n) is 13.9. The van der Waals surface area contributed by atoms with Crippen molar-refractivity contribution < 1.29 is 23.7 Å². The smallest absolute Gasteiger partial charge is 0.0701 e. The van der Waals surface area contributed by atoms with Gasteiger partial charge in [0.15, 0.2) is 0 Å². The van der Waals surface area contributed by atoms with Crippen LogP contribution in [0.2, 0.25) is 0 Å². The molecule has 0 unspecified atom stereocenters. The molecule has 0 spiro atoms. The highest BCUT2D eigenvalue weighted by Gasteiger charge is 1.93. The molecule has 0 aromatic heterocycles. The summed E-state index contributed by atoms with van der Waals surface area (Å²) in [6.45, 7) is 11.6. The highest BCUT2D eigenvalue weighted by atomic mass is 32.1. The fraction of sp³-hybridized carbons (Fsp3) is 0.933. The molecule has 0 rings (SSSR count). The van der Waals surface area contributed by atoms with Gasteiger partial charge in [0.2, 0.25) is 0 Å². The predicted molar refractivity (Wildman–Crippen MR) is 90.9 cm³/mol. The van der Waals surface area contributed by atoms with Gasteiger partial charge in [-0.05, 0) is 13.8 Å². The average Bonchev–Trinajstić information content (AvgIpc) is 2.50. The second kappa shape index (κ2) is 18.9. The zero-order valence-corrected chi connectivity index (χ0v) is 14.8. The lowest BCUT2D eigenvalue weighted by atomic mass is 10.5. The van der Waals surface area contributed by atoms with E-state index in [1.165, 1.54) is 0 Å². The second-order valence-corrected chi connectivity index (χ2v) is 5.22. The number of thiocarbonyl (C=S) groups is 1. The minimum Gasteiger partial charge on any atom is -0.379 e. The Hall–Kier alpha value is -0.150. The first-order valence-corrected chi connectivity index (χ1v) is 8.27. The molecule has 0 aromatic carbocycles. The van der Waals surface area contributed by atoms with Crippen LogP contribution in [-0.2, 0) is 23.7 Å². The van der Waals surface area contributed by atoms with Gasteiger partial charge in [0.25, 0.3) is 0 Å². The van der Waals surface area contributed by atoms with Gasteiger partial charge in [-0.25, -0.2) is 0 Å². The van der Waals surface area contributed by atoms with Gasteiger partial charge in [0.1, 0.15) is 0 Å². The Labute approximate surface area is 139 Å². The van der Waals surface area contributed by atoms with Gasteiger partial charge in [-0.2, -0.15) is 0 Å². The van der Waals surface area contributed by atoms with Gasteiger partial charge < -0.3 is 29.0 Å².